The molecule has 2 aromatic rings. The van der Waals surface area contributed by atoms with Crippen molar-refractivity contribution in [2.45, 2.75) is 18.9 Å². The van der Waals surface area contributed by atoms with Crippen molar-refractivity contribution in [1.29, 1.82) is 0 Å². The molecule has 0 aliphatic carbocycles. The summed E-state index contributed by atoms with van der Waals surface area (Å²) in [6.07, 6.45) is -6.43. The highest BCUT2D eigenvalue weighted by Crippen LogP contribution is 2.32. The summed E-state index contributed by atoms with van der Waals surface area (Å²) in [5, 5.41) is 2.32. The molecule has 0 aromatic carbocycles. The molecule has 0 radical (unpaired) electrons. The molecule has 2 aromatic heterocycles. The number of nitrogens with zero attached hydrogens (tertiary/aromatic N) is 3. The number of anilines is 1. The van der Waals surface area contributed by atoms with E-state index in [9.17, 15) is 26.3 Å². The van der Waals surface area contributed by atoms with Gasteiger partial charge in [-0.25, -0.2) is 9.97 Å². The van der Waals surface area contributed by atoms with Crippen LogP contribution in [0.3, 0.4) is 0 Å². The Morgan fingerprint density at radius 3 is 2.32 bits per heavy atom. The SMILES string of the molecule is FC(F)(F)c1ccnc(NCc2cnccc2C(F)(F)F)n1. The van der Waals surface area contributed by atoms with Crippen LogP contribution in [0, 0.1) is 0 Å². The van der Waals surface area contributed by atoms with Crippen LogP contribution in [0.15, 0.2) is 30.7 Å². The second-order valence-electron chi connectivity index (χ2n) is 4.15. The van der Waals surface area contributed by atoms with Crippen molar-refractivity contribution in [1.82, 2.24) is 15.0 Å². The molecule has 22 heavy (non-hydrogen) atoms. The van der Waals surface area contributed by atoms with Gasteiger partial charge in [0.05, 0.1) is 5.56 Å². The van der Waals surface area contributed by atoms with E-state index in [1.165, 1.54) is 0 Å². The lowest BCUT2D eigenvalue weighted by Crippen LogP contribution is -2.14. The van der Waals surface area contributed by atoms with Crippen LogP contribution in [0.25, 0.3) is 0 Å². The molecule has 0 saturated heterocycles. The number of pyridine rings is 1. The third kappa shape index (κ3) is 3.83. The third-order valence-electron chi connectivity index (χ3n) is 2.59. The molecule has 118 valence electrons. The van der Waals surface area contributed by atoms with Gasteiger partial charge in [-0.2, -0.15) is 26.3 Å². The Kier molecular flexibility index (Phi) is 4.20. The van der Waals surface area contributed by atoms with E-state index in [2.05, 4.69) is 20.3 Å². The van der Waals surface area contributed by atoms with Gasteiger partial charge in [0.2, 0.25) is 5.95 Å². The molecule has 0 saturated carbocycles. The van der Waals surface area contributed by atoms with E-state index < -0.39 is 36.1 Å². The predicted molar refractivity (Wildman–Crippen MR) is 63.6 cm³/mol. The molecule has 1 N–H and O–H groups in total. The molecule has 0 amide bonds. The van der Waals surface area contributed by atoms with Crippen LogP contribution in [0.5, 0.6) is 0 Å². The molecule has 0 aliphatic heterocycles. The molecule has 0 fully saturated rings. The van der Waals surface area contributed by atoms with E-state index >= 15 is 0 Å². The maximum absolute atomic E-state index is 12.8. The van der Waals surface area contributed by atoms with Crippen LogP contribution in [0.2, 0.25) is 0 Å². The topological polar surface area (TPSA) is 50.7 Å². The van der Waals surface area contributed by atoms with E-state index in [-0.39, 0.29) is 5.56 Å². The number of halogens is 6. The van der Waals surface area contributed by atoms with Crippen LogP contribution in [0.4, 0.5) is 32.3 Å². The molecule has 2 heterocycles. The second kappa shape index (κ2) is 5.78. The van der Waals surface area contributed by atoms with Crippen molar-refractivity contribution < 1.29 is 26.3 Å². The largest absolute Gasteiger partial charge is 0.433 e. The zero-order chi connectivity index (χ0) is 16.4. The minimum absolute atomic E-state index is 0.226. The van der Waals surface area contributed by atoms with Crippen LogP contribution in [-0.4, -0.2) is 15.0 Å². The Morgan fingerprint density at radius 2 is 1.68 bits per heavy atom. The van der Waals surface area contributed by atoms with Crippen LogP contribution >= 0.6 is 0 Å². The fourth-order valence-electron chi connectivity index (χ4n) is 1.62. The van der Waals surface area contributed by atoms with E-state index in [4.69, 9.17) is 0 Å². The first-order valence-electron chi connectivity index (χ1n) is 5.82. The van der Waals surface area contributed by atoms with Crippen LogP contribution in [0.1, 0.15) is 16.8 Å². The zero-order valence-electron chi connectivity index (χ0n) is 10.7. The van der Waals surface area contributed by atoms with E-state index in [0.717, 1.165) is 24.7 Å². The Bertz CT molecular complexity index is 653. The maximum Gasteiger partial charge on any atom is 0.433 e. The highest BCUT2D eigenvalue weighted by Gasteiger charge is 2.34. The molecule has 0 bridgehead atoms. The lowest BCUT2D eigenvalue weighted by atomic mass is 10.1. The van der Waals surface area contributed by atoms with Crippen molar-refractivity contribution in [3.05, 3.63) is 47.5 Å². The first kappa shape index (κ1) is 16.0. The Morgan fingerprint density at radius 1 is 0.955 bits per heavy atom. The summed E-state index contributed by atoms with van der Waals surface area (Å²) >= 11 is 0. The number of aromatic nitrogens is 3. The van der Waals surface area contributed by atoms with Gasteiger partial charge in [-0.3, -0.25) is 4.98 Å². The van der Waals surface area contributed by atoms with Gasteiger partial charge in [0, 0.05) is 30.7 Å². The standard InChI is InChI=1S/C12H8F6N4/c13-11(14,15)8-1-3-19-5-7(8)6-21-10-20-4-2-9(22-10)12(16,17)18/h1-5H,6H2,(H,20,21,22). The molecule has 0 spiro atoms. The fraction of sp³-hybridized carbons (Fsp3) is 0.250. The Labute approximate surface area is 120 Å². The minimum Gasteiger partial charge on any atom is -0.350 e. The van der Waals surface area contributed by atoms with Gasteiger partial charge >= 0.3 is 12.4 Å². The summed E-state index contributed by atoms with van der Waals surface area (Å²) in [5.74, 6) is -0.424. The third-order valence-corrected chi connectivity index (χ3v) is 2.59. The van der Waals surface area contributed by atoms with Crippen molar-refractivity contribution >= 4 is 5.95 Å². The predicted octanol–water partition coefficient (Wildman–Crippen LogP) is 3.52. The van der Waals surface area contributed by atoms with Gasteiger partial charge in [-0.15, -0.1) is 0 Å². The normalized spacial score (nSPS) is 12.3. The van der Waals surface area contributed by atoms with Crippen molar-refractivity contribution in [2.24, 2.45) is 0 Å². The van der Waals surface area contributed by atoms with Gasteiger partial charge in [-0.1, -0.05) is 0 Å². The molecule has 4 nitrogen and oxygen atoms in total. The highest BCUT2D eigenvalue weighted by atomic mass is 19.4. The maximum atomic E-state index is 12.8. The average Bonchev–Trinajstić information content (AvgIpc) is 2.44. The summed E-state index contributed by atoms with van der Waals surface area (Å²) in [7, 11) is 0. The molecule has 2 rings (SSSR count). The van der Waals surface area contributed by atoms with Gasteiger partial charge in [0.25, 0.3) is 0 Å². The smallest absolute Gasteiger partial charge is 0.350 e. The summed E-state index contributed by atoms with van der Waals surface area (Å²) in [6, 6.07) is 1.44. The second-order valence-corrected chi connectivity index (χ2v) is 4.15. The fourth-order valence-corrected chi connectivity index (χ4v) is 1.62. The zero-order valence-corrected chi connectivity index (χ0v) is 10.7. The number of hydrogen-bond acceptors (Lipinski definition) is 4. The Balaban J connectivity index is 2.18. The quantitative estimate of drug-likeness (QED) is 0.879. The first-order valence-corrected chi connectivity index (χ1v) is 5.82. The average molecular weight is 322 g/mol. The van der Waals surface area contributed by atoms with E-state index in [1.807, 2.05) is 0 Å². The summed E-state index contributed by atoms with van der Waals surface area (Å²) in [5.41, 5.74) is -2.34. The first-order chi connectivity index (χ1) is 10.2. The van der Waals surface area contributed by atoms with E-state index in [0.29, 0.717) is 6.07 Å². The molecule has 0 unspecified atom stereocenters. The molecule has 0 atom stereocenters. The van der Waals surface area contributed by atoms with Gasteiger partial charge in [-0.05, 0) is 12.1 Å². The monoisotopic (exact) mass is 322 g/mol. The molecule has 0 aliphatic rings. The lowest BCUT2D eigenvalue weighted by molar-refractivity contribution is -0.141. The van der Waals surface area contributed by atoms with Crippen LogP contribution < -0.4 is 5.32 Å². The van der Waals surface area contributed by atoms with Gasteiger partial charge in [0.15, 0.2) is 0 Å². The minimum atomic E-state index is -4.66. The van der Waals surface area contributed by atoms with Gasteiger partial charge in [0.1, 0.15) is 5.69 Å². The van der Waals surface area contributed by atoms with E-state index in [1.54, 1.807) is 0 Å². The Hall–Kier alpha value is -2.39. The lowest BCUT2D eigenvalue weighted by Gasteiger charge is -2.13. The molecular formula is C12H8F6N4. The number of hydrogen-bond donors (Lipinski definition) is 1. The molecular weight excluding hydrogens is 314 g/mol. The summed E-state index contributed by atoms with van der Waals surface area (Å²) in [6.45, 7) is -0.413. The number of rotatable bonds is 3. The van der Waals surface area contributed by atoms with Crippen molar-refractivity contribution in [3.8, 4) is 0 Å². The molecule has 10 heteroatoms. The highest BCUT2D eigenvalue weighted by molar-refractivity contribution is 5.32. The van der Waals surface area contributed by atoms with Gasteiger partial charge < -0.3 is 5.32 Å². The summed E-state index contributed by atoms with van der Waals surface area (Å²) < 4.78 is 75.7. The number of nitrogens with one attached hydrogen (secondary N) is 1. The number of alkyl halides is 6. The van der Waals surface area contributed by atoms with Crippen molar-refractivity contribution in [3.63, 3.8) is 0 Å². The van der Waals surface area contributed by atoms with Crippen LogP contribution in [-0.2, 0) is 18.9 Å². The van der Waals surface area contributed by atoms with Crippen molar-refractivity contribution in [2.75, 3.05) is 5.32 Å². The summed E-state index contributed by atoms with van der Waals surface area (Å²) in [4.78, 5) is 10.3.